The van der Waals surface area contributed by atoms with Crippen molar-refractivity contribution in [2.24, 2.45) is 5.73 Å². The van der Waals surface area contributed by atoms with E-state index >= 15 is 0 Å². The zero-order valence-corrected chi connectivity index (χ0v) is 13.9. The molecular formula is C16H18BrClN2. The van der Waals surface area contributed by atoms with Crippen LogP contribution in [0.4, 0.5) is 5.69 Å². The van der Waals surface area contributed by atoms with E-state index in [2.05, 4.69) is 53.3 Å². The number of hydrogen-bond acceptors (Lipinski definition) is 2. The van der Waals surface area contributed by atoms with Crippen LogP contribution in [0.1, 0.15) is 22.7 Å². The van der Waals surface area contributed by atoms with E-state index in [-0.39, 0.29) is 6.04 Å². The van der Waals surface area contributed by atoms with Gasteiger partial charge in [-0.25, -0.2) is 0 Å². The van der Waals surface area contributed by atoms with Crippen molar-refractivity contribution in [3.8, 4) is 0 Å². The molecule has 2 rings (SSSR count). The molecule has 0 aliphatic carbocycles. The SMILES string of the molecule is Cc1cccc(C(CN)Nc2ccc(Br)c(Cl)c2)c1C. The number of aryl methyl sites for hydroxylation is 1. The maximum Gasteiger partial charge on any atom is 0.0638 e. The maximum atomic E-state index is 6.12. The Morgan fingerprint density at radius 1 is 1.25 bits per heavy atom. The van der Waals surface area contributed by atoms with Crippen molar-refractivity contribution in [1.82, 2.24) is 0 Å². The van der Waals surface area contributed by atoms with E-state index < -0.39 is 0 Å². The normalized spacial score (nSPS) is 12.2. The molecule has 20 heavy (non-hydrogen) atoms. The average Bonchev–Trinajstić information content (AvgIpc) is 2.43. The second kappa shape index (κ2) is 6.61. The first-order valence-corrected chi connectivity index (χ1v) is 7.67. The molecule has 0 spiro atoms. The highest BCUT2D eigenvalue weighted by Crippen LogP contribution is 2.28. The molecule has 3 N–H and O–H groups in total. The summed E-state index contributed by atoms with van der Waals surface area (Å²) in [7, 11) is 0. The molecule has 0 aliphatic heterocycles. The summed E-state index contributed by atoms with van der Waals surface area (Å²) in [5, 5.41) is 4.14. The lowest BCUT2D eigenvalue weighted by atomic mass is 9.97. The maximum absolute atomic E-state index is 6.12. The average molecular weight is 354 g/mol. The highest BCUT2D eigenvalue weighted by atomic mass is 79.9. The van der Waals surface area contributed by atoms with E-state index in [0.29, 0.717) is 11.6 Å². The molecule has 2 aromatic rings. The Hall–Kier alpha value is -1.03. The van der Waals surface area contributed by atoms with Crippen LogP contribution in [0.5, 0.6) is 0 Å². The molecule has 0 bridgehead atoms. The van der Waals surface area contributed by atoms with Crippen molar-refractivity contribution in [3.05, 3.63) is 62.6 Å². The second-order valence-electron chi connectivity index (χ2n) is 4.85. The largest absolute Gasteiger partial charge is 0.377 e. The van der Waals surface area contributed by atoms with Crippen LogP contribution in [0.15, 0.2) is 40.9 Å². The van der Waals surface area contributed by atoms with Gasteiger partial charge in [-0.2, -0.15) is 0 Å². The van der Waals surface area contributed by atoms with Crippen molar-refractivity contribution in [3.63, 3.8) is 0 Å². The third-order valence-electron chi connectivity index (χ3n) is 3.52. The molecular weight excluding hydrogens is 336 g/mol. The van der Waals surface area contributed by atoms with Crippen molar-refractivity contribution in [2.45, 2.75) is 19.9 Å². The zero-order chi connectivity index (χ0) is 14.7. The summed E-state index contributed by atoms with van der Waals surface area (Å²) >= 11 is 9.52. The van der Waals surface area contributed by atoms with Gasteiger partial charge >= 0.3 is 0 Å². The second-order valence-corrected chi connectivity index (χ2v) is 6.11. The Labute approximate surface area is 133 Å². The lowest BCUT2D eigenvalue weighted by molar-refractivity contribution is 0.782. The van der Waals surface area contributed by atoms with E-state index in [1.54, 1.807) is 0 Å². The first kappa shape index (κ1) is 15.4. The van der Waals surface area contributed by atoms with Crippen LogP contribution in [0, 0.1) is 13.8 Å². The van der Waals surface area contributed by atoms with Gasteiger partial charge in [0, 0.05) is 16.7 Å². The summed E-state index contributed by atoms with van der Waals surface area (Å²) < 4.78 is 0.890. The minimum atomic E-state index is 0.0761. The molecule has 0 amide bonds. The molecule has 0 aromatic heterocycles. The third-order valence-corrected chi connectivity index (χ3v) is 4.75. The monoisotopic (exact) mass is 352 g/mol. The first-order valence-electron chi connectivity index (χ1n) is 6.50. The zero-order valence-electron chi connectivity index (χ0n) is 11.6. The number of rotatable bonds is 4. The molecule has 4 heteroatoms. The van der Waals surface area contributed by atoms with Gasteiger partial charge in [0.15, 0.2) is 0 Å². The Morgan fingerprint density at radius 3 is 2.65 bits per heavy atom. The number of nitrogens with one attached hydrogen (secondary N) is 1. The highest BCUT2D eigenvalue weighted by Gasteiger charge is 2.13. The number of anilines is 1. The molecule has 0 fully saturated rings. The Kier molecular flexibility index (Phi) is 5.08. The molecule has 2 nitrogen and oxygen atoms in total. The van der Waals surface area contributed by atoms with Gasteiger partial charge in [0.25, 0.3) is 0 Å². The van der Waals surface area contributed by atoms with E-state index in [0.717, 1.165) is 10.2 Å². The molecule has 1 atom stereocenters. The van der Waals surface area contributed by atoms with Crippen LogP contribution < -0.4 is 11.1 Å². The van der Waals surface area contributed by atoms with Crippen LogP contribution in [-0.2, 0) is 0 Å². The smallest absolute Gasteiger partial charge is 0.0638 e. The summed E-state index contributed by atoms with van der Waals surface area (Å²) in [5.74, 6) is 0. The van der Waals surface area contributed by atoms with Crippen LogP contribution in [0.25, 0.3) is 0 Å². The minimum absolute atomic E-state index is 0.0761. The van der Waals surface area contributed by atoms with E-state index in [1.165, 1.54) is 16.7 Å². The number of benzene rings is 2. The molecule has 0 saturated heterocycles. The lowest BCUT2D eigenvalue weighted by Gasteiger charge is -2.21. The molecule has 0 saturated carbocycles. The van der Waals surface area contributed by atoms with Crippen LogP contribution >= 0.6 is 27.5 Å². The van der Waals surface area contributed by atoms with E-state index in [9.17, 15) is 0 Å². The predicted octanol–water partition coefficient (Wildman–Crippen LogP) is 4.83. The lowest BCUT2D eigenvalue weighted by Crippen LogP contribution is -2.21. The third kappa shape index (κ3) is 3.35. The minimum Gasteiger partial charge on any atom is -0.377 e. The van der Waals surface area contributed by atoms with Gasteiger partial charge in [-0.05, 0) is 64.7 Å². The summed E-state index contributed by atoms with van der Waals surface area (Å²) in [6, 6.07) is 12.2. The van der Waals surface area contributed by atoms with Crippen molar-refractivity contribution >= 4 is 33.2 Å². The molecule has 1 unspecified atom stereocenters. The Morgan fingerprint density at radius 2 is 2.00 bits per heavy atom. The number of nitrogens with two attached hydrogens (primary N) is 1. The summed E-state index contributed by atoms with van der Waals surface area (Å²) in [6.07, 6.45) is 0. The van der Waals surface area contributed by atoms with Gasteiger partial charge in [-0.15, -0.1) is 0 Å². The van der Waals surface area contributed by atoms with Crippen molar-refractivity contribution < 1.29 is 0 Å². The predicted molar refractivity (Wildman–Crippen MR) is 90.5 cm³/mol. The quantitative estimate of drug-likeness (QED) is 0.826. The van der Waals surface area contributed by atoms with Crippen LogP contribution in [0.3, 0.4) is 0 Å². The van der Waals surface area contributed by atoms with Gasteiger partial charge in [-0.3, -0.25) is 0 Å². The standard InChI is InChI=1S/C16H18BrClN2/c1-10-4-3-5-13(11(10)2)16(9-19)20-12-6-7-14(17)15(18)8-12/h3-8,16,20H,9,19H2,1-2H3. The fraction of sp³-hybridized carbons (Fsp3) is 0.250. The number of hydrogen-bond donors (Lipinski definition) is 2. The first-order chi connectivity index (χ1) is 9.52. The number of halogens is 2. The van der Waals surface area contributed by atoms with Crippen LogP contribution in [0.2, 0.25) is 5.02 Å². The summed E-state index contributed by atoms with van der Waals surface area (Å²) in [4.78, 5) is 0. The fourth-order valence-corrected chi connectivity index (χ4v) is 2.63. The fourth-order valence-electron chi connectivity index (χ4n) is 2.20. The summed E-state index contributed by atoms with van der Waals surface area (Å²) in [6.45, 7) is 4.77. The van der Waals surface area contributed by atoms with E-state index in [4.69, 9.17) is 17.3 Å². The molecule has 106 valence electrons. The van der Waals surface area contributed by atoms with Crippen LogP contribution in [-0.4, -0.2) is 6.54 Å². The van der Waals surface area contributed by atoms with E-state index in [1.807, 2.05) is 18.2 Å². The molecule has 0 heterocycles. The highest BCUT2D eigenvalue weighted by molar-refractivity contribution is 9.10. The van der Waals surface area contributed by atoms with Gasteiger partial charge < -0.3 is 11.1 Å². The summed E-state index contributed by atoms with van der Waals surface area (Å²) in [5.41, 5.74) is 10.7. The molecule has 2 aromatic carbocycles. The van der Waals surface area contributed by atoms with Gasteiger partial charge in [0.2, 0.25) is 0 Å². The van der Waals surface area contributed by atoms with Gasteiger partial charge in [0.1, 0.15) is 0 Å². The Balaban J connectivity index is 2.28. The molecule has 0 radical (unpaired) electrons. The van der Waals surface area contributed by atoms with Gasteiger partial charge in [0.05, 0.1) is 11.1 Å². The van der Waals surface area contributed by atoms with Crippen molar-refractivity contribution in [2.75, 3.05) is 11.9 Å². The molecule has 0 aliphatic rings. The van der Waals surface area contributed by atoms with Gasteiger partial charge in [-0.1, -0.05) is 29.8 Å². The Bertz CT molecular complexity index is 613. The topological polar surface area (TPSA) is 38.0 Å². The van der Waals surface area contributed by atoms with Crippen molar-refractivity contribution in [1.29, 1.82) is 0 Å².